The molecule has 1 saturated heterocycles. The number of hydrogen-bond donors (Lipinski definition) is 1. The normalized spacial score (nSPS) is 20.2. The lowest BCUT2D eigenvalue weighted by molar-refractivity contribution is -0.120. The first kappa shape index (κ1) is 16.2. The smallest absolute Gasteiger partial charge is 0.238 e. The Labute approximate surface area is 128 Å². The average molecular weight is 333 g/mol. The largest absolute Gasteiger partial charge is 0.376 e. The summed E-state index contributed by atoms with van der Waals surface area (Å²) >= 11 is 5.84. The molecule has 0 radical (unpaired) electrons. The van der Waals surface area contributed by atoms with E-state index in [-0.39, 0.29) is 16.2 Å². The van der Waals surface area contributed by atoms with E-state index in [9.17, 15) is 13.2 Å². The molecule has 2 atom stereocenters. The Morgan fingerprint density at radius 3 is 3.00 bits per heavy atom. The lowest BCUT2D eigenvalue weighted by Gasteiger charge is -2.15. The van der Waals surface area contributed by atoms with Crippen LogP contribution in [0.4, 0.5) is 0 Å². The Hall–Kier alpha value is -1.18. The minimum Gasteiger partial charge on any atom is -0.376 e. The van der Waals surface area contributed by atoms with Gasteiger partial charge in [-0.25, -0.2) is 13.4 Å². The van der Waals surface area contributed by atoms with Gasteiger partial charge in [0.15, 0.2) is 5.03 Å². The maximum absolute atomic E-state index is 12.4. The lowest BCUT2D eigenvalue weighted by Crippen LogP contribution is -2.41. The van der Waals surface area contributed by atoms with E-state index in [2.05, 4.69) is 10.3 Å². The molecule has 1 N–H and O–H groups in total. The second kappa shape index (κ2) is 6.72. The van der Waals surface area contributed by atoms with E-state index in [0.717, 1.165) is 12.8 Å². The van der Waals surface area contributed by atoms with Gasteiger partial charge in [-0.05, 0) is 31.9 Å². The zero-order chi connectivity index (χ0) is 15.5. The number of carbonyl (C=O) groups is 1. The van der Waals surface area contributed by atoms with Crippen molar-refractivity contribution in [3.8, 4) is 0 Å². The van der Waals surface area contributed by atoms with Crippen molar-refractivity contribution in [3.05, 3.63) is 23.4 Å². The number of sulfone groups is 1. The van der Waals surface area contributed by atoms with E-state index >= 15 is 0 Å². The highest BCUT2D eigenvalue weighted by Gasteiger charge is 2.33. The van der Waals surface area contributed by atoms with Crippen molar-refractivity contribution in [3.63, 3.8) is 0 Å². The van der Waals surface area contributed by atoms with E-state index in [1.165, 1.54) is 25.3 Å². The third kappa shape index (κ3) is 3.72. The molecule has 1 aromatic heterocycles. The fourth-order valence-corrected chi connectivity index (χ4v) is 3.74. The van der Waals surface area contributed by atoms with Gasteiger partial charge in [-0.3, -0.25) is 4.79 Å². The summed E-state index contributed by atoms with van der Waals surface area (Å²) in [4.78, 5) is 15.8. The summed E-state index contributed by atoms with van der Waals surface area (Å²) in [5, 5.41) is 1.09. The molecule has 1 aliphatic rings. The van der Waals surface area contributed by atoms with Gasteiger partial charge in [-0.2, -0.15) is 0 Å². The highest BCUT2D eigenvalue weighted by molar-refractivity contribution is 7.92. The average Bonchev–Trinajstić information content (AvgIpc) is 2.97. The van der Waals surface area contributed by atoms with Gasteiger partial charge in [0.05, 0.1) is 11.1 Å². The van der Waals surface area contributed by atoms with Gasteiger partial charge in [-0.15, -0.1) is 0 Å². The fraction of sp³-hybridized carbons (Fsp3) is 0.538. The molecule has 2 unspecified atom stereocenters. The van der Waals surface area contributed by atoms with Gasteiger partial charge < -0.3 is 10.1 Å². The molecule has 0 aromatic carbocycles. The number of pyridine rings is 1. The first-order chi connectivity index (χ1) is 9.93. The van der Waals surface area contributed by atoms with Crippen LogP contribution in [0.2, 0.25) is 5.02 Å². The van der Waals surface area contributed by atoms with Crippen LogP contribution in [0.3, 0.4) is 0 Å². The van der Waals surface area contributed by atoms with Gasteiger partial charge >= 0.3 is 0 Å². The minimum absolute atomic E-state index is 0.0104. The van der Waals surface area contributed by atoms with Crippen LogP contribution in [0, 0.1) is 0 Å². The number of carbonyl (C=O) groups excluding carboxylic acids is 1. The van der Waals surface area contributed by atoms with Crippen molar-refractivity contribution in [2.24, 2.45) is 0 Å². The van der Waals surface area contributed by atoms with E-state index in [4.69, 9.17) is 16.3 Å². The minimum atomic E-state index is -3.91. The summed E-state index contributed by atoms with van der Waals surface area (Å²) in [6.07, 6.45) is 3.11. The highest BCUT2D eigenvalue weighted by atomic mass is 35.5. The summed E-state index contributed by atoms with van der Waals surface area (Å²) in [5.41, 5.74) is 0. The van der Waals surface area contributed by atoms with E-state index < -0.39 is 21.0 Å². The molecule has 21 heavy (non-hydrogen) atoms. The molecule has 116 valence electrons. The number of rotatable bonds is 5. The fourth-order valence-electron chi connectivity index (χ4n) is 2.05. The number of nitrogens with one attached hydrogen (secondary N) is 1. The molecule has 1 aromatic rings. The second-order valence-electron chi connectivity index (χ2n) is 4.86. The topological polar surface area (TPSA) is 85.4 Å². The van der Waals surface area contributed by atoms with Crippen LogP contribution in [0.5, 0.6) is 0 Å². The van der Waals surface area contributed by atoms with Crippen molar-refractivity contribution in [2.75, 3.05) is 13.2 Å². The third-order valence-corrected chi connectivity index (χ3v) is 5.78. The summed E-state index contributed by atoms with van der Waals surface area (Å²) in [5.74, 6) is -0.577. The van der Waals surface area contributed by atoms with Gasteiger partial charge in [-0.1, -0.05) is 11.6 Å². The maximum Gasteiger partial charge on any atom is 0.238 e. The Morgan fingerprint density at radius 2 is 2.38 bits per heavy atom. The molecule has 0 aliphatic carbocycles. The first-order valence-electron chi connectivity index (χ1n) is 6.66. The van der Waals surface area contributed by atoms with Crippen LogP contribution < -0.4 is 5.32 Å². The summed E-state index contributed by atoms with van der Waals surface area (Å²) < 4.78 is 30.1. The first-order valence-corrected chi connectivity index (χ1v) is 8.59. The molecule has 0 bridgehead atoms. The third-order valence-electron chi connectivity index (χ3n) is 3.36. The second-order valence-corrected chi connectivity index (χ2v) is 7.45. The molecule has 1 amide bonds. The van der Waals surface area contributed by atoms with Crippen molar-refractivity contribution in [1.82, 2.24) is 10.3 Å². The molecule has 8 heteroatoms. The number of ether oxygens (including phenoxy) is 1. The van der Waals surface area contributed by atoms with Crippen molar-refractivity contribution >= 4 is 27.3 Å². The monoisotopic (exact) mass is 332 g/mol. The van der Waals surface area contributed by atoms with E-state index in [0.29, 0.717) is 13.2 Å². The SMILES string of the molecule is CC(C(=O)NCC1CCCO1)S(=O)(=O)c1ncccc1Cl. The Balaban J connectivity index is 2.05. The van der Waals surface area contributed by atoms with Crippen LogP contribution in [0.15, 0.2) is 23.4 Å². The molecule has 0 spiro atoms. The standard InChI is InChI=1S/C13H17ClN2O4S/c1-9(12(17)16-8-10-4-3-7-20-10)21(18,19)13-11(14)5-2-6-15-13/h2,5-6,9-10H,3-4,7-8H2,1H3,(H,16,17). The summed E-state index contributed by atoms with van der Waals surface area (Å²) in [7, 11) is -3.91. The lowest BCUT2D eigenvalue weighted by atomic mass is 10.2. The Bertz CT molecular complexity index is 614. The number of hydrogen-bond acceptors (Lipinski definition) is 5. The predicted octanol–water partition coefficient (Wildman–Crippen LogP) is 1.19. The predicted molar refractivity (Wildman–Crippen MR) is 77.9 cm³/mol. The van der Waals surface area contributed by atoms with E-state index in [1.54, 1.807) is 0 Å². The molecular formula is C13H17ClN2O4S. The molecule has 2 heterocycles. The van der Waals surface area contributed by atoms with Crippen LogP contribution in [-0.2, 0) is 19.4 Å². The number of nitrogens with zero attached hydrogens (tertiary/aromatic N) is 1. The molecular weight excluding hydrogens is 316 g/mol. The Morgan fingerprint density at radius 1 is 1.62 bits per heavy atom. The zero-order valence-corrected chi connectivity index (χ0v) is 13.2. The van der Waals surface area contributed by atoms with Crippen LogP contribution in [-0.4, -0.2) is 43.8 Å². The summed E-state index contributed by atoms with van der Waals surface area (Å²) in [6.45, 7) is 2.32. The molecule has 6 nitrogen and oxygen atoms in total. The molecule has 0 saturated carbocycles. The quantitative estimate of drug-likeness (QED) is 0.875. The van der Waals surface area contributed by atoms with Crippen molar-refractivity contribution in [2.45, 2.75) is 36.1 Å². The number of aromatic nitrogens is 1. The summed E-state index contributed by atoms with van der Waals surface area (Å²) in [6, 6.07) is 2.96. The molecule has 1 fully saturated rings. The number of amides is 1. The zero-order valence-electron chi connectivity index (χ0n) is 11.6. The maximum atomic E-state index is 12.4. The Kier molecular flexibility index (Phi) is 5.18. The van der Waals surface area contributed by atoms with Crippen molar-refractivity contribution < 1.29 is 17.9 Å². The van der Waals surface area contributed by atoms with Crippen molar-refractivity contribution in [1.29, 1.82) is 0 Å². The van der Waals surface area contributed by atoms with Gasteiger partial charge in [0.2, 0.25) is 15.7 Å². The molecule has 2 rings (SSSR count). The van der Waals surface area contributed by atoms with Gasteiger partial charge in [0, 0.05) is 19.3 Å². The highest BCUT2D eigenvalue weighted by Crippen LogP contribution is 2.22. The molecule has 1 aliphatic heterocycles. The van der Waals surface area contributed by atoms with Crippen LogP contribution in [0.25, 0.3) is 0 Å². The van der Waals surface area contributed by atoms with Gasteiger partial charge in [0.25, 0.3) is 0 Å². The number of halogens is 1. The van der Waals surface area contributed by atoms with Crippen LogP contribution in [0.1, 0.15) is 19.8 Å². The van der Waals surface area contributed by atoms with E-state index in [1.807, 2.05) is 0 Å². The van der Waals surface area contributed by atoms with Gasteiger partial charge in [0.1, 0.15) is 5.25 Å². The van der Waals surface area contributed by atoms with Crippen LogP contribution >= 0.6 is 11.6 Å².